The van der Waals surface area contributed by atoms with Crippen LogP contribution >= 0.6 is 0 Å². The maximum atomic E-state index is 14.9. The molecule has 0 radical (unpaired) electrons. The average Bonchev–Trinajstić information content (AvgIpc) is 3.31. The first-order valence-electron chi connectivity index (χ1n) is 12.2. The molecule has 2 aromatic carbocycles. The lowest BCUT2D eigenvalue weighted by atomic mass is 10.2. The summed E-state index contributed by atoms with van der Waals surface area (Å²) in [6, 6.07) is 12.2. The Morgan fingerprint density at radius 1 is 1.13 bits per heavy atom. The van der Waals surface area contributed by atoms with Gasteiger partial charge in [0.2, 0.25) is 5.95 Å². The number of ether oxygens (including phenoxy) is 1. The maximum absolute atomic E-state index is 14.9. The van der Waals surface area contributed by atoms with Crippen LogP contribution in [-0.4, -0.2) is 64.7 Å². The predicted molar refractivity (Wildman–Crippen MR) is 146 cm³/mol. The van der Waals surface area contributed by atoms with E-state index in [2.05, 4.69) is 21.5 Å². The highest BCUT2D eigenvalue weighted by molar-refractivity contribution is 6.02. The molecule has 5 aromatic rings. The molecule has 0 saturated carbocycles. The smallest absolute Gasteiger partial charge is 0.267 e. The highest BCUT2D eigenvalue weighted by Crippen LogP contribution is 2.33. The van der Waals surface area contributed by atoms with Crippen LogP contribution in [0.2, 0.25) is 0 Å². The number of nitrogens with one attached hydrogen (secondary N) is 1. The molecule has 38 heavy (non-hydrogen) atoms. The third-order valence-electron chi connectivity index (χ3n) is 6.80. The van der Waals surface area contributed by atoms with E-state index in [1.165, 1.54) is 16.8 Å². The quantitative estimate of drug-likeness (QED) is 0.382. The number of anilines is 3. The van der Waals surface area contributed by atoms with E-state index >= 15 is 0 Å². The first kappa shape index (κ1) is 23.7. The Hall–Kier alpha value is -4.67. The summed E-state index contributed by atoms with van der Waals surface area (Å²) in [6.45, 7) is 1.10. The fourth-order valence-electron chi connectivity index (χ4n) is 4.84. The molecule has 0 amide bonds. The zero-order valence-electron chi connectivity index (χ0n) is 21.5. The number of halogens is 1. The van der Waals surface area contributed by atoms with Crippen LogP contribution in [0.5, 0.6) is 5.75 Å². The van der Waals surface area contributed by atoms with Crippen molar-refractivity contribution >= 4 is 39.3 Å². The van der Waals surface area contributed by atoms with E-state index in [0.29, 0.717) is 41.0 Å². The Bertz CT molecular complexity index is 1750. The zero-order chi connectivity index (χ0) is 26.6. The molecule has 1 aliphatic heterocycles. The minimum Gasteiger partial charge on any atom is -0.485 e. The summed E-state index contributed by atoms with van der Waals surface area (Å²) in [5, 5.41) is 8.66. The second-order valence-corrected chi connectivity index (χ2v) is 9.61. The predicted octanol–water partition coefficient (Wildman–Crippen LogP) is 3.18. The Labute approximate surface area is 217 Å². The van der Waals surface area contributed by atoms with E-state index < -0.39 is 11.4 Å². The van der Waals surface area contributed by atoms with Crippen molar-refractivity contribution < 1.29 is 9.13 Å². The first-order chi connectivity index (χ1) is 18.3. The van der Waals surface area contributed by atoms with Gasteiger partial charge in [0.1, 0.15) is 17.7 Å². The summed E-state index contributed by atoms with van der Waals surface area (Å²) in [5.74, 6) is 0.651. The molecule has 0 bridgehead atoms. The molecular formula is C27H27FN8O2. The maximum Gasteiger partial charge on any atom is 0.267 e. The molecule has 1 N–H and O–H groups in total. The van der Waals surface area contributed by atoms with Gasteiger partial charge in [0.25, 0.3) is 5.56 Å². The fraction of sp³-hybridized carbons (Fsp3) is 0.259. The van der Waals surface area contributed by atoms with E-state index in [0.717, 1.165) is 17.1 Å². The summed E-state index contributed by atoms with van der Waals surface area (Å²) >= 11 is 0. The molecular weight excluding hydrogens is 487 g/mol. The number of pyridine rings is 1. The number of para-hydroxylation sites is 1. The molecule has 194 valence electrons. The SMILES string of the molecule is CN(C)c1ccc2c(c1)NC[C@H](CN(C)c1ncc3c4c(cnn4C)c(=O)n(-c4ccccc4F)c3n1)O2. The highest BCUT2D eigenvalue weighted by atomic mass is 19.1. The van der Waals surface area contributed by atoms with Gasteiger partial charge in [0, 0.05) is 40.1 Å². The van der Waals surface area contributed by atoms with E-state index in [9.17, 15) is 9.18 Å². The van der Waals surface area contributed by atoms with Gasteiger partial charge in [-0.05, 0) is 30.3 Å². The third kappa shape index (κ3) is 3.87. The minimum atomic E-state index is -0.523. The van der Waals surface area contributed by atoms with Gasteiger partial charge >= 0.3 is 0 Å². The van der Waals surface area contributed by atoms with Crippen molar-refractivity contribution in [1.82, 2.24) is 24.3 Å². The van der Waals surface area contributed by atoms with Gasteiger partial charge in [-0.25, -0.2) is 9.37 Å². The standard InChI is InChI=1S/C27H27FN8O2/c1-33(2)16-9-10-23-21(11-16)29-12-17(38-23)15-34(3)27-30-13-18-24-19(14-31-35(24)4)26(37)36(25(18)32-27)22-8-6-5-7-20(22)28/h5-11,13-14,17,29H,12,15H2,1-4H3/t17-/m1/s1. The number of hydrogen-bond donors (Lipinski definition) is 1. The van der Waals surface area contributed by atoms with Crippen LogP contribution in [0.1, 0.15) is 0 Å². The molecule has 4 heterocycles. The molecule has 3 aromatic heterocycles. The monoisotopic (exact) mass is 514 g/mol. The number of benzene rings is 2. The van der Waals surface area contributed by atoms with Crippen LogP contribution in [0.25, 0.3) is 27.6 Å². The van der Waals surface area contributed by atoms with Gasteiger partial charge < -0.3 is 19.9 Å². The van der Waals surface area contributed by atoms with Crippen molar-refractivity contribution in [3.05, 3.63) is 71.0 Å². The zero-order valence-corrected chi connectivity index (χ0v) is 21.5. The molecule has 0 saturated heterocycles. The third-order valence-corrected chi connectivity index (χ3v) is 6.80. The number of aromatic nitrogens is 5. The summed E-state index contributed by atoms with van der Waals surface area (Å²) in [5.41, 5.74) is 2.66. The lowest BCUT2D eigenvalue weighted by molar-refractivity contribution is 0.212. The number of aryl methyl sites for hydroxylation is 1. The first-order valence-corrected chi connectivity index (χ1v) is 12.2. The lowest BCUT2D eigenvalue weighted by Crippen LogP contribution is -2.41. The van der Waals surface area contributed by atoms with E-state index in [1.807, 2.05) is 43.1 Å². The molecule has 10 nitrogen and oxygen atoms in total. The largest absolute Gasteiger partial charge is 0.485 e. The summed E-state index contributed by atoms with van der Waals surface area (Å²) in [7, 11) is 7.61. The van der Waals surface area contributed by atoms with E-state index in [4.69, 9.17) is 9.72 Å². The Balaban J connectivity index is 1.38. The molecule has 1 atom stereocenters. The van der Waals surface area contributed by atoms with Crippen molar-refractivity contribution in [3.8, 4) is 11.4 Å². The summed E-state index contributed by atoms with van der Waals surface area (Å²) in [6.07, 6.45) is 2.99. The molecule has 0 spiro atoms. The van der Waals surface area contributed by atoms with Gasteiger partial charge in [0.15, 0.2) is 5.65 Å². The van der Waals surface area contributed by atoms with Crippen molar-refractivity contribution in [2.45, 2.75) is 6.10 Å². The molecule has 11 heteroatoms. The fourth-order valence-corrected chi connectivity index (χ4v) is 4.84. The van der Waals surface area contributed by atoms with E-state index in [1.54, 1.807) is 36.1 Å². The van der Waals surface area contributed by atoms with Gasteiger partial charge in [-0.15, -0.1) is 0 Å². The van der Waals surface area contributed by atoms with Crippen LogP contribution in [0, 0.1) is 5.82 Å². The lowest BCUT2D eigenvalue weighted by Gasteiger charge is -2.31. The molecule has 0 fully saturated rings. The average molecular weight is 515 g/mol. The molecule has 1 aliphatic rings. The minimum absolute atomic E-state index is 0.120. The van der Waals surface area contributed by atoms with Crippen molar-refractivity contribution in [2.24, 2.45) is 7.05 Å². The van der Waals surface area contributed by atoms with Gasteiger partial charge in [0.05, 0.1) is 47.0 Å². The van der Waals surface area contributed by atoms with Gasteiger partial charge in [-0.1, -0.05) is 12.1 Å². The second-order valence-electron chi connectivity index (χ2n) is 9.61. The Kier molecular flexibility index (Phi) is 5.63. The van der Waals surface area contributed by atoms with Crippen LogP contribution in [-0.2, 0) is 7.05 Å². The Morgan fingerprint density at radius 3 is 2.74 bits per heavy atom. The molecule has 0 unspecified atom stereocenters. The van der Waals surface area contributed by atoms with Crippen LogP contribution < -0.4 is 25.4 Å². The van der Waals surface area contributed by atoms with E-state index in [-0.39, 0.29) is 11.8 Å². The van der Waals surface area contributed by atoms with Crippen molar-refractivity contribution in [1.29, 1.82) is 0 Å². The topological polar surface area (TPSA) is 93.3 Å². The van der Waals surface area contributed by atoms with Crippen LogP contribution in [0.3, 0.4) is 0 Å². The molecule has 0 aliphatic carbocycles. The number of likely N-dealkylation sites (N-methyl/N-ethyl adjacent to an activating group) is 1. The number of nitrogens with zero attached hydrogens (tertiary/aromatic N) is 7. The Morgan fingerprint density at radius 2 is 1.95 bits per heavy atom. The number of fused-ring (bicyclic) bond motifs is 4. The summed E-state index contributed by atoms with van der Waals surface area (Å²) < 4.78 is 24.0. The van der Waals surface area contributed by atoms with Crippen LogP contribution in [0.15, 0.2) is 59.7 Å². The van der Waals surface area contributed by atoms with Crippen LogP contribution in [0.4, 0.5) is 21.7 Å². The second kappa shape index (κ2) is 9.02. The summed E-state index contributed by atoms with van der Waals surface area (Å²) in [4.78, 5) is 26.8. The number of hydrogen-bond acceptors (Lipinski definition) is 8. The molecule has 6 rings (SSSR count). The number of rotatable bonds is 5. The van der Waals surface area contributed by atoms with Crippen molar-refractivity contribution in [2.75, 3.05) is 49.3 Å². The normalized spacial score (nSPS) is 14.7. The van der Waals surface area contributed by atoms with Gasteiger partial charge in [-0.3, -0.25) is 14.0 Å². The van der Waals surface area contributed by atoms with Gasteiger partial charge in [-0.2, -0.15) is 10.1 Å². The van der Waals surface area contributed by atoms with Crippen molar-refractivity contribution in [3.63, 3.8) is 0 Å². The highest BCUT2D eigenvalue weighted by Gasteiger charge is 2.24.